The lowest BCUT2D eigenvalue weighted by atomic mass is 10.1. The summed E-state index contributed by atoms with van der Waals surface area (Å²) in [5, 5.41) is 40.4. The molecule has 25 heteroatoms. The molecule has 63 heavy (non-hydrogen) atoms. The zero-order valence-corrected chi connectivity index (χ0v) is 34.8. The first-order chi connectivity index (χ1) is 29.6. The van der Waals surface area contributed by atoms with Crippen molar-refractivity contribution in [2.45, 2.75) is 19.6 Å². The van der Waals surface area contributed by atoms with E-state index in [9.17, 15) is 48.0 Å². The summed E-state index contributed by atoms with van der Waals surface area (Å²) in [6.07, 6.45) is 2.37. The van der Waals surface area contributed by atoms with Crippen LogP contribution in [0.1, 0.15) is 11.1 Å². The quantitative estimate of drug-likeness (QED) is 0.0260. The van der Waals surface area contributed by atoms with Gasteiger partial charge in [-0.25, -0.2) is 0 Å². The molecule has 0 saturated carbocycles. The van der Waals surface area contributed by atoms with Gasteiger partial charge in [-0.1, -0.05) is 29.1 Å². The first-order valence-electron chi connectivity index (χ1n) is 17.3. The fraction of sp³-hybridized carbons (Fsp3) is 0. The zero-order chi connectivity index (χ0) is 45.6. The molecule has 0 spiro atoms. The Hall–Kier alpha value is -7.10. The van der Waals surface area contributed by atoms with E-state index in [0.717, 1.165) is 24.3 Å². The smallest absolute Gasteiger partial charge is 0.295 e. The summed E-state index contributed by atoms with van der Waals surface area (Å²) < 4.78 is 132. The average Bonchev–Trinajstić information content (AvgIpc) is 3.23. The Balaban J connectivity index is 1.14. The number of azo groups is 4. The van der Waals surface area contributed by atoms with Gasteiger partial charge in [0, 0.05) is 17.2 Å². The van der Waals surface area contributed by atoms with E-state index in [1.807, 2.05) is 0 Å². The van der Waals surface area contributed by atoms with Crippen molar-refractivity contribution in [3.05, 3.63) is 150 Å². The monoisotopic (exact) mass is 932 g/mol. The van der Waals surface area contributed by atoms with Gasteiger partial charge in [-0.3, -0.25) is 18.2 Å². The third-order valence-electron chi connectivity index (χ3n) is 8.23. The van der Waals surface area contributed by atoms with Crippen LogP contribution in [0.5, 0.6) is 0 Å². The van der Waals surface area contributed by atoms with E-state index < -0.39 is 50.3 Å². The van der Waals surface area contributed by atoms with Crippen molar-refractivity contribution >= 4 is 98.1 Å². The van der Waals surface area contributed by atoms with Gasteiger partial charge in [-0.05, 0) is 120 Å². The molecule has 0 radical (unpaired) electrons. The van der Waals surface area contributed by atoms with Crippen LogP contribution in [-0.4, -0.2) is 56.7 Å². The number of benzene rings is 6. The summed E-state index contributed by atoms with van der Waals surface area (Å²) in [4.78, 5) is -1.61. The van der Waals surface area contributed by atoms with Crippen molar-refractivity contribution in [1.29, 1.82) is 0 Å². The lowest BCUT2D eigenvalue weighted by molar-refractivity contribution is -0.435. The fourth-order valence-corrected chi connectivity index (χ4v) is 7.55. The highest BCUT2D eigenvalue weighted by molar-refractivity contribution is 7.86. The SMILES string of the molecule is O=S(=O)(O)c1ccc(N=Nc2ccc(N=Nc3ccc(/C=C/c4ccc(N=Nc5ccc([N+]([O-])=Nc6ccc(S(=O)(=O)O)cc6)cc5)cc4S(=O)(=O)O)c(S(=O)(=O)O)c3)cc2)cc1. The summed E-state index contributed by atoms with van der Waals surface area (Å²) in [5.74, 6) is 0. The molecule has 0 saturated heterocycles. The van der Waals surface area contributed by atoms with Crippen molar-refractivity contribution in [2.75, 3.05) is 0 Å². The normalized spacial score (nSPS) is 13.2. The highest BCUT2D eigenvalue weighted by atomic mass is 32.2. The van der Waals surface area contributed by atoms with Crippen LogP contribution in [0.15, 0.2) is 189 Å². The molecule has 6 rings (SSSR count). The minimum atomic E-state index is -4.88. The molecular formula is C38H28N8O13S4. The maximum atomic E-state index is 12.5. The number of rotatable bonds is 14. The molecule has 21 nitrogen and oxygen atoms in total. The Kier molecular flexibility index (Phi) is 13.3. The summed E-state index contributed by atoms with van der Waals surface area (Å²) >= 11 is 0. The summed E-state index contributed by atoms with van der Waals surface area (Å²) in [6, 6.07) is 28.6. The van der Waals surface area contributed by atoms with Gasteiger partial charge in [0.2, 0.25) is 5.69 Å². The van der Waals surface area contributed by atoms with Crippen LogP contribution in [0.4, 0.5) is 45.5 Å². The molecule has 0 aliphatic heterocycles. The second-order valence-electron chi connectivity index (χ2n) is 12.7. The van der Waals surface area contributed by atoms with Crippen molar-refractivity contribution < 1.29 is 56.7 Å². The van der Waals surface area contributed by atoms with Gasteiger partial charge in [0.05, 0.1) is 43.9 Å². The Morgan fingerprint density at radius 2 is 0.667 bits per heavy atom. The largest absolute Gasteiger partial charge is 0.594 e. The van der Waals surface area contributed by atoms with Crippen LogP contribution in [0, 0.1) is 5.21 Å². The molecule has 322 valence electrons. The van der Waals surface area contributed by atoms with Gasteiger partial charge in [0.25, 0.3) is 40.5 Å². The summed E-state index contributed by atoms with van der Waals surface area (Å²) in [5.41, 5.74) is 1.27. The summed E-state index contributed by atoms with van der Waals surface area (Å²) in [7, 11) is -18.5. The van der Waals surface area contributed by atoms with Gasteiger partial charge in [0.1, 0.15) is 15.5 Å². The molecule has 6 aromatic carbocycles. The second kappa shape index (κ2) is 18.5. The second-order valence-corrected chi connectivity index (χ2v) is 18.3. The maximum Gasteiger partial charge on any atom is 0.295 e. The van der Waals surface area contributed by atoms with Crippen molar-refractivity contribution in [1.82, 2.24) is 0 Å². The highest BCUT2D eigenvalue weighted by Crippen LogP contribution is 2.31. The minimum Gasteiger partial charge on any atom is -0.594 e. The van der Waals surface area contributed by atoms with Crippen molar-refractivity contribution in [2.24, 2.45) is 35.8 Å². The van der Waals surface area contributed by atoms with E-state index in [2.05, 4.69) is 35.8 Å². The fourth-order valence-electron chi connectivity index (χ4n) is 5.18. The van der Waals surface area contributed by atoms with E-state index in [0.29, 0.717) is 17.1 Å². The molecule has 0 heterocycles. The Morgan fingerprint density at radius 1 is 0.381 bits per heavy atom. The maximum absolute atomic E-state index is 12.5. The zero-order valence-electron chi connectivity index (χ0n) is 31.5. The number of hydrogen-bond donors (Lipinski definition) is 4. The molecule has 0 fully saturated rings. The molecule has 0 atom stereocenters. The van der Waals surface area contributed by atoms with Crippen LogP contribution in [0.25, 0.3) is 12.2 Å². The molecule has 0 aromatic heterocycles. The Bertz CT molecular complexity index is 3310. The first kappa shape index (κ1) is 45.4. The molecule has 4 N–H and O–H groups in total. The predicted octanol–water partition coefficient (Wildman–Crippen LogP) is 10.0. The Labute approximate surface area is 358 Å². The van der Waals surface area contributed by atoms with E-state index in [-0.39, 0.29) is 54.2 Å². The van der Waals surface area contributed by atoms with Crippen molar-refractivity contribution in [3.8, 4) is 0 Å². The number of nitrogens with zero attached hydrogens (tertiary/aromatic N) is 8. The third-order valence-corrected chi connectivity index (χ3v) is 11.8. The molecule has 0 amide bonds. The van der Waals surface area contributed by atoms with E-state index in [4.69, 9.17) is 9.11 Å². The molecule has 0 bridgehead atoms. The van der Waals surface area contributed by atoms with Gasteiger partial charge >= 0.3 is 0 Å². The van der Waals surface area contributed by atoms with Crippen molar-refractivity contribution in [3.63, 3.8) is 0 Å². The van der Waals surface area contributed by atoms with Gasteiger partial charge in [-0.15, -0.1) is 0 Å². The lowest BCUT2D eigenvalue weighted by Gasteiger charge is -2.06. The lowest BCUT2D eigenvalue weighted by Crippen LogP contribution is -2.01. The van der Waals surface area contributed by atoms with E-state index >= 15 is 0 Å². The topological polar surface area (TPSA) is 330 Å². The van der Waals surface area contributed by atoms with Gasteiger partial charge in [-0.2, -0.15) is 64.4 Å². The number of hydrogen-bond acceptors (Lipinski definition) is 16. The predicted molar refractivity (Wildman–Crippen MR) is 225 cm³/mol. The standard InChI is InChI=1S/C38H28N8O13S4/c47-46(45-31-15-21-36(22-16-31)61(51,52)53)34-17-11-29(12-18-34)42-44-33-6-4-26(38(24-33)63(57,58)59)2-1-25-3-5-32(23-37(25)62(54,55)56)43-41-28-9-7-27(8-10-28)39-40-30-13-19-35(20-14-30)60(48,49)50/h1-24H,(H,48,49,50)(H,51,52,53)(H,54,55,56)(H,57,58,59)/b2-1+,40-39?,43-41?,44-42?,46-45?. The van der Waals surface area contributed by atoms with Crippen LogP contribution in [-0.2, 0) is 40.5 Å². The minimum absolute atomic E-state index is 0.0173. The highest BCUT2D eigenvalue weighted by Gasteiger charge is 2.18. The van der Waals surface area contributed by atoms with Crippen LogP contribution < -0.4 is 0 Å². The Morgan fingerprint density at radius 3 is 1.00 bits per heavy atom. The molecule has 0 aliphatic rings. The first-order valence-corrected chi connectivity index (χ1v) is 23.1. The molecule has 0 unspecified atom stereocenters. The molecule has 6 aromatic rings. The molecular weight excluding hydrogens is 905 g/mol. The van der Waals surface area contributed by atoms with Crippen LogP contribution >= 0.6 is 0 Å². The van der Waals surface area contributed by atoms with Gasteiger partial charge < -0.3 is 5.21 Å². The van der Waals surface area contributed by atoms with Crippen LogP contribution in [0.2, 0.25) is 0 Å². The van der Waals surface area contributed by atoms with Gasteiger partial charge in [0.15, 0.2) is 0 Å². The summed E-state index contributed by atoms with van der Waals surface area (Å²) in [6.45, 7) is 0. The van der Waals surface area contributed by atoms with E-state index in [1.54, 1.807) is 12.1 Å². The van der Waals surface area contributed by atoms with E-state index in [1.165, 1.54) is 109 Å². The van der Waals surface area contributed by atoms with Crippen LogP contribution in [0.3, 0.4) is 0 Å². The third kappa shape index (κ3) is 12.5. The average molecular weight is 933 g/mol. The molecule has 0 aliphatic carbocycles.